The van der Waals surface area contributed by atoms with Crippen LogP contribution < -0.4 is 0 Å². The Balaban J connectivity index is 0.000000187. The van der Waals surface area contributed by atoms with Gasteiger partial charge in [0.1, 0.15) is 17.7 Å². The van der Waals surface area contributed by atoms with E-state index in [1.54, 1.807) is 37.2 Å². The maximum absolute atomic E-state index is 6.61. The summed E-state index contributed by atoms with van der Waals surface area (Å²) in [5.41, 5.74) is 12.2. The van der Waals surface area contributed by atoms with Crippen LogP contribution in [0.1, 0.15) is 51.2 Å². The number of halogens is 4. The first-order chi connectivity index (χ1) is 42.7. The average molecular weight is 1230 g/mol. The number of H-pyrrole nitrogens is 1. The predicted molar refractivity (Wildman–Crippen MR) is 341 cm³/mol. The van der Waals surface area contributed by atoms with Crippen molar-refractivity contribution < 1.29 is 9.47 Å². The van der Waals surface area contributed by atoms with Gasteiger partial charge >= 0.3 is 0 Å². The first kappa shape index (κ1) is 58.0. The minimum Gasteiger partial charge on any atom is -0.367 e. The van der Waals surface area contributed by atoms with Gasteiger partial charge in [0.15, 0.2) is 5.82 Å². The van der Waals surface area contributed by atoms with Gasteiger partial charge in [0, 0.05) is 67.1 Å². The molecule has 2 unspecified atom stereocenters. The van der Waals surface area contributed by atoms with Crippen LogP contribution in [0.2, 0.25) is 20.1 Å². The Hall–Kier alpha value is -9.38. The van der Waals surface area contributed by atoms with Crippen LogP contribution in [-0.4, -0.2) is 59.9 Å². The number of nitrogens with one attached hydrogen (secondary N) is 1. The minimum atomic E-state index is -0.841. The summed E-state index contributed by atoms with van der Waals surface area (Å²) in [4.78, 5) is 8.31. The van der Waals surface area contributed by atoms with Gasteiger partial charge < -0.3 is 18.6 Å². The largest absolute Gasteiger partial charge is 0.367 e. The van der Waals surface area contributed by atoms with Gasteiger partial charge in [-0.25, -0.2) is 14.6 Å². The molecule has 0 aliphatic carbocycles. The van der Waals surface area contributed by atoms with Crippen LogP contribution in [-0.2, 0) is 41.3 Å². The van der Waals surface area contributed by atoms with Crippen LogP contribution in [0.4, 0.5) is 0 Å². The number of rotatable bonds is 20. The molecule has 0 aliphatic rings. The second-order valence-corrected chi connectivity index (χ2v) is 22.2. The van der Waals surface area contributed by atoms with Gasteiger partial charge in [-0.05, 0) is 102 Å². The summed E-state index contributed by atoms with van der Waals surface area (Å²) in [5.74, 6) is 1.22. The van der Waals surface area contributed by atoms with E-state index in [1.807, 2.05) is 92.9 Å². The van der Waals surface area contributed by atoms with Crippen LogP contribution >= 0.6 is 46.4 Å². The fourth-order valence-corrected chi connectivity index (χ4v) is 11.7. The van der Waals surface area contributed by atoms with Crippen molar-refractivity contribution in [2.24, 2.45) is 0 Å². The minimum absolute atomic E-state index is 0.259. The normalized spacial score (nSPS) is 12.1. The first-order valence-electron chi connectivity index (χ1n) is 27.9. The summed E-state index contributed by atoms with van der Waals surface area (Å²) in [5, 5.41) is 30.2. The maximum atomic E-state index is 6.61. The summed E-state index contributed by atoms with van der Waals surface area (Å²) in [6, 6.07) is 75.3. The first-order valence-corrected chi connectivity index (χ1v) is 29.4. The summed E-state index contributed by atoms with van der Waals surface area (Å²) in [6.45, 7) is 1.98. The molecular formula is C69H54Cl4N12O2. The number of tetrazole rings is 2. The summed E-state index contributed by atoms with van der Waals surface area (Å²) >= 11 is 25.4. The fraction of sp³-hybridized carbons (Fsp3) is 0.101. The highest BCUT2D eigenvalue weighted by molar-refractivity contribution is 6.35. The van der Waals surface area contributed by atoms with Crippen LogP contribution in [0.5, 0.6) is 0 Å². The van der Waals surface area contributed by atoms with Crippen LogP contribution in [0, 0.1) is 0 Å². The molecule has 1 N–H and O–H groups in total. The van der Waals surface area contributed by atoms with E-state index < -0.39 is 5.54 Å². The molecule has 87 heavy (non-hydrogen) atoms. The fourth-order valence-electron chi connectivity index (χ4n) is 10.6. The van der Waals surface area contributed by atoms with Gasteiger partial charge in [0.05, 0.1) is 39.0 Å². The molecule has 14 nitrogen and oxygen atoms in total. The molecule has 0 saturated heterocycles. The Morgan fingerprint density at radius 1 is 0.448 bits per heavy atom. The molecule has 18 heteroatoms. The Kier molecular flexibility index (Phi) is 18.2. The van der Waals surface area contributed by atoms with Gasteiger partial charge in [-0.3, -0.25) is 0 Å². The highest BCUT2D eigenvalue weighted by atomic mass is 35.5. The van der Waals surface area contributed by atoms with Crippen molar-refractivity contribution in [1.82, 2.24) is 59.9 Å². The predicted octanol–water partition coefficient (Wildman–Crippen LogP) is 16.3. The summed E-state index contributed by atoms with van der Waals surface area (Å²) in [7, 11) is 0. The molecule has 430 valence electrons. The molecule has 9 aromatic carbocycles. The molecule has 13 rings (SSSR count). The Morgan fingerprint density at radius 3 is 1.34 bits per heavy atom. The van der Waals surface area contributed by atoms with E-state index in [0.29, 0.717) is 58.0 Å². The van der Waals surface area contributed by atoms with E-state index in [9.17, 15) is 0 Å². The second-order valence-electron chi connectivity index (χ2n) is 20.5. The monoisotopic (exact) mass is 1220 g/mol. The van der Waals surface area contributed by atoms with E-state index in [4.69, 9.17) is 61.1 Å². The Morgan fingerprint density at radius 2 is 0.908 bits per heavy atom. The van der Waals surface area contributed by atoms with E-state index in [-0.39, 0.29) is 12.2 Å². The Bertz CT molecular complexity index is 4190. The van der Waals surface area contributed by atoms with Crippen molar-refractivity contribution in [2.75, 3.05) is 0 Å². The van der Waals surface area contributed by atoms with Crippen molar-refractivity contribution in [2.45, 2.75) is 44.1 Å². The molecule has 13 aromatic rings. The number of hydrogen-bond acceptors (Lipinski definition) is 10. The number of imidazole rings is 2. The van der Waals surface area contributed by atoms with E-state index in [1.165, 1.54) is 0 Å². The van der Waals surface area contributed by atoms with E-state index >= 15 is 0 Å². The third-order valence-electron chi connectivity index (χ3n) is 14.9. The van der Waals surface area contributed by atoms with Crippen LogP contribution in [0.3, 0.4) is 0 Å². The van der Waals surface area contributed by atoms with E-state index in [2.05, 4.69) is 186 Å². The second kappa shape index (κ2) is 27.3. The molecule has 0 saturated carbocycles. The molecule has 4 aromatic heterocycles. The third-order valence-corrected chi connectivity index (χ3v) is 16.0. The zero-order chi connectivity index (χ0) is 59.4. The van der Waals surface area contributed by atoms with Crippen molar-refractivity contribution in [1.29, 1.82) is 0 Å². The van der Waals surface area contributed by atoms with Gasteiger partial charge in [-0.1, -0.05) is 234 Å². The highest BCUT2D eigenvalue weighted by Crippen LogP contribution is 2.43. The van der Waals surface area contributed by atoms with Crippen LogP contribution in [0.15, 0.2) is 262 Å². The van der Waals surface area contributed by atoms with Crippen molar-refractivity contribution >= 4 is 46.4 Å². The zero-order valence-corrected chi connectivity index (χ0v) is 49.6. The molecule has 0 amide bonds. The summed E-state index contributed by atoms with van der Waals surface area (Å²) < 4.78 is 18.7. The molecule has 0 spiro atoms. The quantitative estimate of drug-likeness (QED) is 0.0730. The zero-order valence-electron chi connectivity index (χ0n) is 46.6. The maximum Gasteiger partial charge on any atom is 0.204 e. The van der Waals surface area contributed by atoms with Gasteiger partial charge in [0.2, 0.25) is 5.82 Å². The lowest BCUT2D eigenvalue weighted by atomic mass is 9.77. The number of benzene rings is 9. The lowest BCUT2D eigenvalue weighted by Crippen LogP contribution is -2.39. The molecule has 4 heterocycles. The van der Waals surface area contributed by atoms with Gasteiger partial charge in [-0.15, -0.1) is 15.3 Å². The number of aromatic amines is 1. The molecule has 0 fully saturated rings. The topological polar surface area (TPSA) is 152 Å². The highest BCUT2D eigenvalue weighted by Gasteiger charge is 2.42. The smallest absolute Gasteiger partial charge is 0.204 e. The molecule has 0 aliphatic heterocycles. The Labute approximate surface area is 522 Å². The number of nitrogens with zero attached hydrogens (tertiary/aromatic N) is 11. The number of ether oxygens (including phenoxy) is 2. The SMILES string of the molecule is Clc1ccc(C(Cn2ccnc2)OCc2ccc(-c3cccc(-c4nn[nH]n4)c3)cc2)c(Cl)c1.Clc1ccc(C(Cn2ccnc2)OCc2ccc(-c3cccc(-c4nnnn4C(c4ccccc4)(c4ccccc4)c4ccccc4)c3)cc2)c(Cl)c1. The lowest BCUT2D eigenvalue weighted by molar-refractivity contribution is 0.0280. The molecule has 2 atom stereocenters. The van der Waals surface area contributed by atoms with Crippen molar-refractivity contribution in [3.05, 3.63) is 321 Å². The number of aromatic nitrogens is 12. The van der Waals surface area contributed by atoms with Crippen molar-refractivity contribution in [3.63, 3.8) is 0 Å². The molecule has 0 radical (unpaired) electrons. The van der Waals surface area contributed by atoms with Crippen molar-refractivity contribution in [3.8, 4) is 45.0 Å². The molecular weight excluding hydrogens is 1170 g/mol. The summed E-state index contributed by atoms with van der Waals surface area (Å²) in [6.07, 6.45) is 10.3. The van der Waals surface area contributed by atoms with Crippen LogP contribution in [0.25, 0.3) is 45.0 Å². The standard InChI is InChI=1S/C44H34Cl2N6O.C25H20Cl2N6O/c45-39-23-24-40(41(46)28-39)42(29-51-26-25-47-31-51)53-30-32-19-21-33(22-20-32)34-11-10-12-35(27-34)43-48-49-50-52(43)44(36-13-4-1-5-14-36,37-15-6-2-7-16-37)38-17-8-3-9-18-38;26-21-8-9-22(23(27)13-21)24(14-33-11-10-28-16-33)34-15-17-4-6-18(7-5-17)19-2-1-3-20(12-19)25-29-31-32-30-25/h1-28,31,42H,29-30H2;1-13,16,24H,14-15H2,(H,29,30,31,32). The van der Waals surface area contributed by atoms with Gasteiger partial charge in [-0.2, -0.15) is 5.21 Å². The van der Waals surface area contributed by atoms with Gasteiger partial charge in [0.25, 0.3) is 0 Å². The third kappa shape index (κ3) is 13.5. The lowest BCUT2D eigenvalue weighted by Gasteiger charge is -2.36. The van der Waals surface area contributed by atoms with E-state index in [0.717, 1.165) is 72.3 Å². The molecule has 0 bridgehead atoms. The number of hydrogen-bond donors (Lipinski definition) is 1. The average Bonchev–Trinajstić information content (AvgIpc) is 1.88.